The predicted octanol–water partition coefficient (Wildman–Crippen LogP) is 5.19. The minimum Gasteiger partial charge on any atom is -0.370 e. The van der Waals surface area contributed by atoms with Crippen LogP contribution in [0.25, 0.3) is 16.9 Å². The molecule has 0 saturated carbocycles. The molecule has 5 heteroatoms. The molecule has 1 aliphatic rings. The molecule has 122 valence electrons. The Kier molecular flexibility index (Phi) is 4.10. The van der Waals surface area contributed by atoms with Gasteiger partial charge in [-0.3, -0.25) is 0 Å². The number of benzene rings is 2. The maximum atomic E-state index is 13.3. The number of halogens is 2. The average molecular weight is 386 g/mol. The molecular formula is C19H17BrFN3. The van der Waals surface area contributed by atoms with Crippen molar-refractivity contribution < 1.29 is 4.39 Å². The zero-order valence-electron chi connectivity index (χ0n) is 13.1. The van der Waals surface area contributed by atoms with Gasteiger partial charge in [0.15, 0.2) is 0 Å². The Hall–Kier alpha value is -2.14. The van der Waals surface area contributed by atoms with Gasteiger partial charge in [0.25, 0.3) is 0 Å². The highest BCUT2D eigenvalue weighted by atomic mass is 79.9. The third-order valence-electron chi connectivity index (χ3n) is 4.32. The van der Waals surface area contributed by atoms with Crippen LogP contribution in [0.3, 0.4) is 0 Å². The van der Waals surface area contributed by atoms with E-state index in [1.807, 2.05) is 28.9 Å². The Morgan fingerprint density at radius 1 is 1.00 bits per heavy atom. The van der Waals surface area contributed by atoms with Crippen LogP contribution in [-0.4, -0.2) is 16.3 Å². The molecule has 1 aliphatic heterocycles. The zero-order valence-corrected chi connectivity index (χ0v) is 14.7. The maximum absolute atomic E-state index is 13.3. The summed E-state index contributed by atoms with van der Waals surface area (Å²) in [5.41, 5.74) is 4.11. The fourth-order valence-corrected chi connectivity index (χ4v) is 3.38. The lowest BCUT2D eigenvalue weighted by atomic mass is 10.0. The van der Waals surface area contributed by atoms with E-state index in [9.17, 15) is 4.39 Å². The molecule has 0 spiro atoms. The first kappa shape index (κ1) is 15.4. The Balaban J connectivity index is 1.88. The molecule has 0 aliphatic carbocycles. The summed E-state index contributed by atoms with van der Waals surface area (Å²) in [6.45, 7) is 0.943. The molecule has 2 heterocycles. The largest absolute Gasteiger partial charge is 0.370 e. The molecule has 0 atom stereocenters. The molecule has 1 aromatic heterocycles. The van der Waals surface area contributed by atoms with Crippen LogP contribution in [0, 0.1) is 5.82 Å². The van der Waals surface area contributed by atoms with Gasteiger partial charge in [0.1, 0.15) is 11.6 Å². The topological polar surface area (TPSA) is 29.9 Å². The van der Waals surface area contributed by atoms with Crippen LogP contribution in [0.1, 0.15) is 18.4 Å². The lowest BCUT2D eigenvalue weighted by molar-refractivity contribution is 0.628. The van der Waals surface area contributed by atoms with E-state index in [4.69, 9.17) is 5.10 Å². The number of aromatic nitrogens is 2. The molecule has 0 saturated heterocycles. The van der Waals surface area contributed by atoms with E-state index in [-0.39, 0.29) is 5.82 Å². The number of nitrogens with one attached hydrogen (secondary N) is 1. The van der Waals surface area contributed by atoms with E-state index in [0.29, 0.717) is 0 Å². The second kappa shape index (κ2) is 6.40. The van der Waals surface area contributed by atoms with Gasteiger partial charge in [0.2, 0.25) is 0 Å². The number of hydrogen-bond donors (Lipinski definition) is 1. The van der Waals surface area contributed by atoms with Crippen LogP contribution in [-0.2, 0) is 6.42 Å². The van der Waals surface area contributed by atoms with Crippen LogP contribution in [0.15, 0.2) is 53.0 Å². The first-order valence-electron chi connectivity index (χ1n) is 8.10. The predicted molar refractivity (Wildman–Crippen MR) is 98.1 cm³/mol. The van der Waals surface area contributed by atoms with Crippen molar-refractivity contribution in [2.45, 2.75) is 19.3 Å². The van der Waals surface area contributed by atoms with Gasteiger partial charge in [0, 0.05) is 22.1 Å². The summed E-state index contributed by atoms with van der Waals surface area (Å²) in [6, 6.07) is 14.7. The second-order valence-electron chi connectivity index (χ2n) is 5.95. The Bertz CT molecular complexity index is 784. The number of fused-ring (bicyclic) bond motifs is 1. The average Bonchev–Trinajstić information content (AvgIpc) is 2.78. The Morgan fingerprint density at radius 2 is 1.75 bits per heavy atom. The molecule has 4 rings (SSSR count). The first-order chi connectivity index (χ1) is 11.7. The van der Waals surface area contributed by atoms with Gasteiger partial charge in [-0.15, -0.1) is 0 Å². The lowest BCUT2D eigenvalue weighted by Gasteiger charge is -2.09. The standard InChI is InChI=1S/C19H17BrFN3/c20-14-6-10-16(11-7-14)24-19-17(3-1-2-12-22-19)18(23-24)13-4-8-15(21)9-5-13/h4-11,22H,1-3,12H2. The summed E-state index contributed by atoms with van der Waals surface area (Å²) >= 11 is 3.47. The quantitative estimate of drug-likeness (QED) is 0.657. The van der Waals surface area contributed by atoms with Gasteiger partial charge in [-0.25, -0.2) is 9.07 Å². The van der Waals surface area contributed by atoms with Crippen molar-refractivity contribution in [3.63, 3.8) is 0 Å². The van der Waals surface area contributed by atoms with Gasteiger partial charge in [-0.1, -0.05) is 15.9 Å². The molecule has 0 amide bonds. The van der Waals surface area contributed by atoms with Crippen LogP contribution in [0.5, 0.6) is 0 Å². The van der Waals surface area contributed by atoms with Crippen molar-refractivity contribution in [2.75, 3.05) is 11.9 Å². The SMILES string of the molecule is Fc1ccc(-c2nn(-c3ccc(Br)cc3)c3c2CCCCN3)cc1. The lowest BCUT2D eigenvalue weighted by Crippen LogP contribution is -2.07. The molecule has 1 N–H and O–H groups in total. The highest BCUT2D eigenvalue weighted by Gasteiger charge is 2.21. The van der Waals surface area contributed by atoms with Crippen LogP contribution >= 0.6 is 15.9 Å². The molecular weight excluding hydrogens is 369 g/mol. The fraction of sp³-hybridized carbons (Fsp3) is 0.211. The minimum absolute atomic E-state index is 0.227. The summed E-state index contributed by atoms with van der Waals surface area (Å²) in [5, 5.41) is 8.37. The molecule has 24 heavy (non-hydrogen) atoms. The van der Waals surface area contributed by atoms with Crippen LogP contribution < -0.4 is 5.32 Å². The molecule has 0 fully saturated rings. The summed E-state index contributed by atoms with van der Waals surface area (Å²) in [7, 11) is 0. The first-order valence-corrected chi connectivity index (χ1v) is 8.89. The van der Waals surface area contributed by atoms with Crippen LogP contribution in [0.2, 0.25) is 0 Å². The number of nitrogens with zero attached hydrogens (tertiary/aromatic N) is 2. The van der Waals surface area contributed by atoms with Gasteiger partial charge in [-0.2, -0.15) is 5.10 Å². The van der Waals surface area contributed by atoms with Gasteiger partial charge < -0.3 is 5.32 Å². The maximum Gasteiger partial charge on any atom is 0.133 e. The molecule has 3 aromatic rings. The van der Waals surface area contributed by atoms with Crippen molar-refractivity contribution in [3.05, 3.63) is 64.4 Å². The number of hydrogen-bond acceptors (Lipinski definition) is 2. The third kappa shape index (κ3) is 2.84. The summed E-state index contributed by atoms with van der Waals surface area (Å²) < 4.78 is 16.3. The van der Waals surface area contributed by atoms with E-state index < -0.39 is 0 Å². The molecule has 0 unspecified atom stereocenters. The summed E-state index contributed by atoms with van der Waals surface area (Å²) in [4.78, 5) is 0. The van der Waals surface area contributed by atoms with Crippen molar-refractivity contribution in [1.82, 2.24) is 9.78 Å². The highest BCUT2D eigenvalue weighted by molar-refractivity contribution is 9.10. The molecule has 0 radical (unpaired) electrons. The number of rotatable bonds is 2. The van der Waals surface area contributed by atoms with E-state index in [1.54, 1.807) is 12.1 Å². The zero-order chi connectivity index (χ0) is 16.5. The molecule has 0 bridgehead atoms. The van der Waals surface area contributed by atoms with Crippen molar-refractivity contribution >= 4 is 21.7 Å². The number of anilines is 1. The van der Waals surface area contributed by atoms with E-state index in [0.717, 1.165) is 53.0 Å². The third-order valence-corrected chi connectivity index (χ3v) is 4.85. The van der Waals surface area contributed by atoms with Gasteiger partial charge in [-0.05, 0) is 67.8 Å². The van der Waals surface area contributed by atoms with Crippen LogP contribution in [0.4, 0.5) is 10.2 Å². The van der Waals surface area contributed by atoms with Crippen molar-refractivity contribution in [2.24, 2.45) is 0 Å². The Morgan fingerprint density at radius 3 is 2.50 bits per heavy atom. The summed E-state index contributed by atoms with van der Waals surface area (Å²) in [6.07, 6.45) is 3.24. The highest BCUT2D eigenvalue weighted by Crippen LogP contribution is 2.34. The minimum atomic E-state index is -0.227. The van der Waals surface area contributed by atoms with E-state index in [2.05, 4.69) is 21.2 Å². The van der Waals surface area contributed by atoms with E-state index >= 15 is 0 Å². The monoisotopic (exact) mass is 385 g/mol. The summed E-state index contributed by atoms with van der Waals surface area (Å²) in [5.74, 6) is 0.824. The fourth-order valence-electron chi connectivity index (χ4n) is 3.11. The van der Waals surface area contributed by atoms with Gasteiger partial charge >= 0.3 is 0 Å². The normalized spacial score (nSPS) is 13.9. The Labute approximate surface area is 148 Å². The van der Waals surface area contributed by atoms with Crippen molar-refractivity contribution in [1.29, 1.82) is 0 Å². The smallest absolute Gasteiger partial charge is 0.133 e. The van der Waals surface area contributed by atoms with Gasteiger partial charge in [0.05, 0.1) is 11.4 Å². The van der Waals surface area contributed by atoms with Crippen molar-refractivity contribution in [3.8, 4) is 16.9 Å². The van der Waals surface area contributed by atoms with E-state index in [1.165, 1.54) is 17.7 Å². The molecule has 2 aromatic carbocycles. The second-order valence-corrected chi connectivity index (χ2v) is 6.87. The molecule has 3 nitrogen and oxygen atoms in total.